The van der Waals surface area contributed by atoms with Gasteiger partial charge in [-0.1, -0.05) is 24.3 Å². The van der Waals surface area contributed by atoms with E-state index in [0.717, 1.165) is 21.2 Å². The van der Waals surface area contributed by atoms with Crippen LogP contribution in [0, 0.1) is 0 Å². The highest BCUT2D eigenvalue weighted by molar-refractivity contribution is 5.85. The lowest BCUT2D eigenvalue weighted by Crippen LogP contribution is -2.29. The van der Waals surface area contributed by atoms with Gasteiger partial charge < -0.3 is 9.84 Å². The van der Waals surface area contributed by atoms with Crippen molar-refractivity contribution in [2.24, 2.45) is 0 Å². The van der Waals surface area contributed by atoms with Crippen LogP contribution in [0.15, 0.2) is 30.3 Å². The van der Waals surface area contributed by atoms with E-state index < -0.39 is 0 Å². The zero-order valence-corrected chi connectivity index (χ0v) is 8.10. The lowest BCUT2D eigenvalue weighted by atomic mass is 10.1. The summed E-state index contributed by atoms with van der Waals surface area (Å²) in [5.41, 5.74) is 0. The topological polar surface area (TPSA) is 29.5 Å². The van der Waals surface area contributed by atoms with Crippen LogP contribution in [0.5, 0.6) is 5.75 Å². The Labute approximate surface area is 86.7 Å². The Morgan fingerprint density at radius 2 is 2.00 bits per heavy atom. The molecule has 0 aliphatic carbocycles. The van der Waals surface area contributed by atoms with Crippen LogP contribution in [-0.4, -0.2) is 11.7 Å². The SMILES string of the molecule is Oc1cc2ccccc2c2c1=CCOC=2. The number of rotatable bonds is 0. The van der Waals surface area contributed by atoms with E-state index in [1.54, 1.807) is 12.3 Å². The number of aromatic hydroxyl groups is 1. The fourth-order valence-corrected chi connectivity index (χ4v) is 1.98. The van der Waals surface area contributed by atoms with Gasteiger partial charge in [-0.3, -0.25) is 0 Å². The summed E-state index contributed by atoms with van der Waals surface area (Å²) in [6, 6.07) is 9.76. The van der Waals surface area contributed by atoms with Gasteiger partial charge in [-0.2, -0.15) is 0 Å². The molecule has 15 heavy (non-hydrogen) atoms. The van der Waals surface area contributed by atoms with E-state index in [1.807, 2.05) is 30.3 Å². The third kappa shape index (κ3) is 1.18. The lowest BCUT2D eigenvalue weighted by molar-refractivity contribution is 0.345. The van der Waals surface area contributed by atoms with Crippen LogP contribution in [0.1, 0.15) is 0 Å². The van der Waals surface area contributed by atoms with Crippen LogP contribution in [0.3, 0.4) is 0 Å². The Bertz CT molecular complexity index is 641. The molecular weight excluding hydrogens is 188 g/mol. The Morgan fingerprint density at radius 1 is 1.13 bits per heavy atom. The van der Waals surface area contributed by atoms with Crippen LogP contribution in [0.25, 0.3) is 23.1 Å². The maximum atomic E-state index is 9.85. The van der Waals surface area contributed by atoms with Gasteiger partial charge in [-0.05, 0) is 22.9 Å². The molecule has 2 aromatic carbocycles. The summed E-state index contributed by atoms with van der Waals surface area (Å²) in [5.74, 6) is 0.322. The van der Waals surface area contributed by atoms with Gasteiger partial charge in [0.15, 0.2) is 0 Å². The summed E-state index contributed by atoms with van der Waals surface area (Å²) in [7, 11) is 0. The molecule has 74 valence electrons. The Morgan fingerprint density at radius 3 is 2.93 bits per heavy atom. The standard InChI is InChI=1S/C13H10O2/c14-13-7-9-3-1-2-4-10(9)12-8-15-6-5-11(12)13/h1-5,7-8,14H,6H2. The zero-order valence-electron chi connectivity index (χ0n) is 8.10. The molecule has 0 radical (unpaired) electrons. The van der Waals surface area contributed by atoms with Crippen molar-refractivity contribution in [2.45, 2.75) is 0 Å². The molecule has 1 heterocycles. The third-order valence-corrected chi connectivity index (χ3v) is 2.69. The first kappa shape index (κ1) is 8.36. The lowest BCUT2D eigenvalue weighted by Gasteiger charge is -2.07. The first-order valence-corrected chi connectivity index (χ1v) is 4.89. The molecule has 1 N–H and O–H groups in total. The molecule has 2 heteroatoms. The maximum absolute atomic E-state index is 9.85. The fourth-order valence-electron chi connectivity index (χ4n) is 1.98. The van der Waals surface area contributed by atoms with E-state index in [9.17, 15) is 5.11 Å². The third-order valence-electron chi connectivity index (χ3n) is 2.69. The van der Waals surface area contributed by atoms with Crippen molar-refractivity contribution in [1.29, 1.82) is 0 Å². The highest BCUT2D eigenvalue weighted by atomic mass is 16.5. The minimum Gasteiger partial charge on any atom is -0.507 e. The molecule has 3 rings (SSSR count). The smallest absolute Gasteiger partial charge is 0.123 e. The van der Waals surface area contributed by atoms with Crippen LogP contribution in [0.4, 0.5) is 0 Å². The molecule has 1 aliphatic heterocycles. The molecule has 2 aromatic rings. The normalized spacial score (nSPS) is 13.6. The van der Waals surface area contributed by atoms with Crippen molar-refractivity contribution in [1.82, 2.24) is 0 Å². The second-order valence-electron chi connectivity index (χ2n) is 3.60. The van der Waals surface area contributed by atoms with E-state index in [1.165, 1.54) is 0 Å². The van der Waals surface area contributed by atoms with Crippen molar-refractivity contribution in [3.63, 3.8) is 0 Å². The number of fused-ring (bicyclic) bond motifs is 3. The van der Waals surface area contributed by atoms with Gasteiger partial charge in [-0.15, -0.1) is 0 Å². The van der Waals surface area contributed by atoms with Crippen LogP contribution < -0.4 is 10.4 Å². The molecule has 0 spiro atoms. The number of phenolic OH excluding ortho intramolecular Hbond substituents is 1. The Kier molecular flexibility index (Phi) is 1.68. The van der Waals surface area contributed by atoms with E-state index in [2.05, 4.69) is 0 Å². The number of phenols is 1. The highest BCUT2D eigenvalue weighted by Gasteiger charge is 2.04. The average Bonchev–Trinajstić information content (AvgIpc) is 2.30. The molecule has 1 aliphatic rings. The molecule has 0 atom stereocenters. The second kappa shape index (κ2) is 3.02. The van der Waals surface area contributed by atoms with Crippen molar-refractivity contribution in [2.75, 3.05) is 6.61 Å². The quantitative estimate of drug-likeness (QED) is 0.686. The van der Waals surface area contributed by atoms with Crippen molar-refractivity contribution in [3.8, 4) is 5.75 Å². The summed E-state index contributed by atoms with van der Waals surface area (Å²) < 4.78 is 5.27. The number of benzene rings is 2. The maximum Gasteiger partial charge on any atom is 0.123 e. The molecule has 0 amide bonds. The summed E-state index contributed by atoms with van der Waals surface area (Å²) in [6.07, 6.45) is 3.62. The summed E-state index contributed by atoms with van der Waals surface area (Å²) >= 11 is 0. The number of ether oxygens (including phenoxy) is 1. The van der Waals surface area contributed by atoms with Gasteiger partial charge in [0.05, 0.1) is 6.26 Å². The van der Waals surface area contributed by atoms with E-state index in [4.69, 9.17) is 4.74 Å². The van der Waals surface area contributed by atoms with Gasteiger partial charge in [-0.25, -0.2) is 0 Å². The predicted molar refractivity (Wildman–Crippen MR) is 59.7 cm³/mol. The molecule has 0 aromatic heterocycles. The van der Waals surface area contributed by atoms with Gasteiger partial charge in [0.1, 0.15) is 12.4 Å². The average molecular weight is 198 g/mol. The van der Waals surface area contributed by atoms with Crippen LogP contribution in [-0.2, 0) is 4.74 Å². The van der Waals surface area contributed by atoms with Crippen molar-refractivity contribution < 1.29 is 9.84 Å². The molecule has 0 bridgehead atoms. The molecule has 0 saturated carbocycles. The van der Waals surface area contributed by atoms with Gasteiger partial charge in [0.2, 0.25) is 0 Å². The van der Waals surface area contributed by atoms with E-state index in [-0.39, 0.29) is 0 Å². The summed E-state index contributed by atoms with van der Waals surface area (Å²) in [5, 5.41) is 13.8. The molecule has 2 nitrogen and oxygen atoms in total. The fraction of sp³-hybridized carbons (Fsp3) is 0.0769. The van der Waals surface area contributed by atoms with E-state index >= 15 is 0 Å². The summed E-state index contributed by atoms with van der Waals surface area (Å²) in [4.78, 5) is 0. The first-order valence-electron chi connectivity index (χ1n) is 4.89. The Hall–Kier alpha value is -1.96. The van der Waals surface area contributed by atoms with Crippen molar-refractivity contribution in [3.05, 3.63) is 40.8 Å². The van der Waals surface area contributed by atoms with Crippen LogP contribution >= 0.6 is 0 Å². The number of hydrogen-bond acceptors (Lipinski definition) is 2. The molecular formula is C13H10O2. The zero-order chi connectivity index (χ0) is 10.3. The minimum atomic E-state index is 0.322. The van der Waals surface area contributed by atoms with Crippen LogP contribution in [0.2, 0.25) is 0 Å². The van der Waals surface area contributed by atoms with Crippen molar-refractivity contribution >= 4 is 23.1 Å². The van der Waals surface area contributed by atoms with Gasteiger partial charge in [0, 0.05) is 10.4 Å². The largest absolute Gasteiger partial charge is 0.507 e. The minimum absolute atomic E-state index is 0.322. The summed E-state index contributed by atoms with van der Waals surface area (Å²) in [6.45, 7) is 0.527. The Balaban J connectivity index is 2.63. The van der Waals surface area contributed by atoms with Gasteiger partial charge in [0.25, 0.3) is 0 Å². The molecule has 0 saturated heterocycles. The highest BCUT2D eigenvalue weighted by Crippen LogP contribution is 2.13. The number of hydrogen-bond donors (Lipinski definition) is 1. The predicted octanol–water partition coefficient (Wildman–Crippen LogP) is 1.09. The second-order valence-corrected chi connectivity index (χ2v) is 3.60. The van der Waals surface area contributed by atoms with Gasteiger partial charge >= 0.3 is 0 Å². The molecule has 0 fully saturated rings. The monoisotopic (exact) mass is 198 g/mol. The van der Waals surface area contributed by atoms with E-state index in [0.29, 0.717) is 12.4 Å². The first-order chi connectivity index (χ1) is 7.36. The molecule has 0 unspecified atom stereocenters.